The summed E-state index contributed by atoms with van der Waals surface area (Å²) in [5, 5.41) is 0. The molecule has 0 fully saturated rings. The van der Waals surface area contributed by atoms with Crippen LogP contribution in [0.25, 0.3) is 0 Å². The van der Waals surface area contributed by atoms with Crippen LogP contribution in [-0.2, 0) is 0 Å². The van der Waals surface area contributed by atoms with Gasteiger partial charge in [0.05, 0.1) is 12.7 Å². The molecule has 0 aromatic heterocycles. The van der Waals surface area contributed by atoms with Crippen molar-refractivity contribution in [3.8, 4) is 11.5 Å². The molecule has 0 aliphatic rings. The molecule has 0 bridgehead atoms. The van der Waals surface area contributed by atoms with Gasteiger partial charge in [-0.2, -0.15) is 0 Å². The van der Waals surface area contributed by atoms with Crippen LogP contribution in [0.1, 0.15) is 19.4 Å². The monoisotopic (exact) mass is 282 g/mol. The van der Waals surface area contributed by atoms with Gasteiger partial charge in [-0.05, 0) is 40.1 Å². The van der Waals surface area contributed by atoms with Crippen molar-refractivity contribution in [2.45, 2.75) is 19.4 Å². The average Bonchev–Trinajstić information content (AvgIpc) is 2.35. The highest BCUT2D eigenvalue weighted by Crippen LogP contribution is 2.26. The summed E-state index contributed by atoms with van der Waals surface area (Å²) in [6.07, 6.45) is 0. The van der Waals surface area contributed by atoms with E-state index in [0.29, 0.717) is 17.3 Å². The van der Waals surface area contributed by atoms with Gasteiger partial charge in [-0.15, -0.1) is 0 Å². The van der Waals surface area contributed by atoms with Gasteiger partial charge in [0.25, 0.3) is 0 Å². The SMILES string of the molecule is COc1ccc(C(N)=S)c(OCC(C)(C)N(C)C)c1. The summed E-state index contributed by atoms with van der Waals surface area (Å²) >= 11 is 5.03. The number of hydrogen-bond acceptors (Lipinski definition) is 4. The van der Waals surface area contributed by atoms with E-state index >= 15 is 0 Å². The van der Waals surface area contributed by atoms with Gasteiger partial charge >= 0.3 is 0 Å². The molecular formula is C14H22N2O2S. The molecule has 5 heteroatoms. The molecule has 1 aromatic carbocycles. The molecule has 0 heterocycles. The van der Waals surface area contributed by atoms with E-state index < -0.39 is 0 Å². The van der Waals surface area contributed by atoms with Gasteiger partial charge in [0.1, 0.15) is 23.1 Å². The summed E-state index contributed by atoms with van der Waals surface area (Å²) in [4.78, 5) is 2.42. The second-order valence-electron chi connectivity index (χ2n) is 5.22. The summed E-state index contributed by atoms with van der Waals surface area (Å²) in [5.41, 5.74) is 6.35. The van der Waals surface area contributed by atoms with Crippen molar-refractivity contribution >= 4 is 17.2 Å². The van der Waals surface area contributed by atoms with Crippen LogP contribution in [0.3, 0.4) is 0 Å². The first-order valence-electron chi connectivity index (χ1n) is 6.06. The topological polar surface area (TPSA) is 47.7 Å². The highest BCUT2D eigenvalue weighted by molar-refractivity contribution is 7.80. The Kier molecular flexibility index (Phi) is 5.14. The van der Waals surface area contributed by atoms with E-state index in [-0.39, 0.29) is 5.54 Å². The van der Waals surface area contributed by atoms with E-state index in [4.69, 9.17) is 27.4 Å². The van der Waals surface area contributed by atoms with Crippen molar-refractivity contribution in [1.29, 1.82) is 0 Å². The molecule has 19 heavy (non-hydrogen) atoms. The third kappa shape index (κ3) is 4.08. The molecule has 2 N–H and O–H groups in total. The van der Waals surface area contributed by atoms with E-state index in [2.05, 4.69) is 18.7 Å². The molecule has 0 saturated carbocycles. The van der Waals surface area contributed by atoms with E-state index in [1.807, 2.05) is 26.2 Å². The van der Waals surface area contributed by atoms with Crippen LogP contribution in [0.5, 0.6) is 11.5 Å². The number of benzene rings is 1. The first kappa shape index (κ1) is 15.7. The minimum Gasteiger partial charge on any atom is -0.497 e. The van der Waals surface area contributed by atoms with Gasteiger partial charge in [-0.3, -0.25) is 0 Å². The van der Waals surface area contributed by atoms with Crippen LogP contribution in [0.2, 0.25) is 0 Å². The fourth-order valence-corrected chi connectivity index (χ4v) is 1.50. The second-order valence-corrected chi connectivity index (χ2v) is 5.66. The largest absolute Gasteiger partial charge is 0.497 e. The van der Waals surface area contributed by atoms with Gasteiger partial charge in [-0.25, -0.2) is 0 Å². The second kappa shape index (κ2) is 6.21. The molecule has 0 amide bonds. The summed E-state index contributed by atoms with van der Waals surface area (Å²) < 4.78 is 11.1. The summed E-state index contributed by atoms with van der Waals surface area (Å²) in [6, 6.07) is 5.44. The summed E-state index contributed by atoms with van der Waals surface area (Å²) in [6.45, 7) is 4.74. The molecule has 1 aromatic rings. The molecule has 106 valence electrons. The standard InChI is InChI=1S/C14H22N2O2S/c1-14(2,16(3)4)9-18-12-8-10(17-5)6-7-11(12)13(15)19/h6-8H,9H2,1-5H3,(H2,15,19). The number of ether oxygens (including phenoxy) is 2. The number of likely N-dealkylation sites (N-methyl/N-ethyl adjacent to an activating group) is 1. The molecule has 0 spiro atoms. The highest BCUT2D eigenvalue weighted by atomic mass is 32.1. The number of hydrogen-bond donors (Lipinski definition) is 1. The van der Waals surface area contributed by atoms with Gasteiger partial charge < -0.3 is 20.1 Å². The Morgan fingerprint density at radius 3 is 2.47 bits per heavy atom. The Bertz CT molecular complexity index is 459. The predicted octanol–water partition coefficient (Wildman–Crippen LogP) is 2.05. The zero-order chi connectivity index (χ0) is 14.6. The van der Waals surface area contributed by atoms with Crippen LogP contribution in [0, 0.1) is 0 Å². The molecule has 1 rings (SSSR count). The molecule has 0 radical (unpaired) electrons. The van der Waals surface area contributed by atoms with Crippen LogP contribution in [0.4, 0.5) is 0 Å². The molecule has 0 unspecified atom stereocenters. The van der Waals surface area contributed by atoms with Crippen molar-refractivity contribution < 1.29 is 9.47 Å². The lowest BCUT2D eigenvalue weighted by atomic mass is 10.1. The van der Waals surface area contributed by atoms with Crippen LogP contribution >= 0.6 is 12.2 Å². The van der Waals surface area contributed by atoms with Gasteiger partial charge in [0, 0.05) is 11.6 Å². The van der Waals surface area contributed by atoms with E-state index in [9.17, 15) is 0 Å². The van der Waals surface area contributed by atoms with Gasteiger partial charge in [0.15, 0.2) is 0 Å². The molecule has 0 aliphatic heterocycles. The van der Waals surface area contributed by atoms with Crippen molar-refractivity contribution in [3.63, 3.8) is 0 Å². The number of thiocarbonyl (C=S) groups is 1. The first-order chi connectivity index (χ1) is 8.77. The highest BCUT2D eigenvalue weighted by Gasteiger charge is 2.22. The maximum atomic E-state index is 5.88. The number of nitrogens with two attached hydrogens (primary N) is 1. The lowest BCUT2D eigenvalue weighted by molar-refractivity contribution is 0.114. The van der Waals surface area contributed by atoms with E-state index in [0.717, 1.165) is 11.3 Å². The normalized spacial score (nSPS) is 11.5. The minimum atomic E-state index is -0.0867. The Labute approximate surface area is 120 Å². The smallest absolute Gasteiger partial charge is 0.133 e. The average molecular weight is 282 g/mol. The Morgan fingerprint density at radius 2 is 2.00 bits per heavy atom. The summed E-state index contributed by atoms with van der Waals surface area (Å²) in [7, 11) is 5.65. The molecule has 0 aliphatic carbocycles. The van der Waals surface area contributed by atoms with Crippen molar-refractivity contribution in [1.82, 2.24) is 4.90 Å². The van der Waals surface area contributed by atoms with Crippen molar-refractivity contribution in [2.75, 3.05) is 27.8 Å². The zero-order valence-electron chi connectivity index (χ0n) is 12.2. The van der Waals surface area contributed by atoms with Crippen molar-refractivity contribution in [2.24, 2.45) is 5.73 Å². The molecule has 4 nitrogen and oxygen atoms in total. The predicted molar refractivity (Wildman–Crippen MR) is 82.1 cm³/mol. The van der Waals surface area contributed by atoms with Crippen LogP contribution < -0.4 is 15.2 Å². The number of methoxy groups -OCH3 is 1. The van der Waals surface area contributed by atoms with E-state index in [1.165, 1.54) is 0 Å². The molecule has 0 saturated heterocycles. The Balaban J connectivity index is 2.95. The fourth-order valence-electron chi connectivity index (χ4n) is 1.34. The fraction of sp³-hybridized carbons (Fsp3) is 0.500. The third-order valence-electron chi connectivity index (χ3n) is 3.25. The van der Waals surface area contributed by atoms with Gasteiger partial charge in [0.2, 0.25) is 0 Å². The summed E-state index contributed by atoms with van der Waals surface area (Å²) in [5.74, 6) is 1.37. The third-order valence-corrected chi connectivity index (χ3v) is 3.47. The number of nitrogens with zero attached hydrogens (tertiary/aromatic N) is 1. The lowest BCUT2D eigenvalue weighted by Gasteiger charge is -2.32. The quantitative estimate of drug-likeness (QED) is 0.809. The lowest BCUT2D eigenvalue weighted by Crippen LogP contribution is -2.43. The number of rotatable bonds is 6. The Hall–Kier alpha value is -1.33. The minimum absolute atomic E-state index is 0.0867. The van der Waals surface area contributed by atoms with E-state index in [1.54, 1.807) is 13.2 Å². The molecule has 0 atom stereocenters. The first-order valence-corrected chi connectivity index (χ1v) is 6.47. The van der Waals surface area contributed by atoms with Gasteiger partial charge in [-0.1, -0.05) is 12.2 Å². The Morgan fingerprint density at radius 1 is 1.37 bits per heavy atom. The van der Waals surface area contributed by atoms with Crippen LogP contribution in [-0.4, -0.2) is 43.2 Å². The molecular weight excluding hydrogens is 260 g/mol. The van der Waals surface area contributed by atoms with Crippen molar-refractivity contribution in [3.05, 3.63) is 23.8 Å². The maximum Gasteiger partial charge on any atom is 0.133 e. The maximum absolute atomic E-state index is 5.88. The van der Waals surface area contributed by atoms with Crippen LogP contribution in [0.15, 0.2) is 18.2 Å². The zero-order valence-corrected chi connectivity index (χ0v) is 13.0.